The number of hydrogen-bond donors (Lipinski definition) is 2. The van der Waals surface area contributed by atoms with Gasteiger partial charge in [0.05, 0.1) is 18.8 Å². The first-order chi connectivity index (χ1) is 9.20. The van der Waals surface area contributed by atoms with Crippen LogP contribution in [0.3, 0.4) is 0 Å². The molecule has 1 aromatic rings. The molecule has 0 heterocycles. The molecule has 1 aromatic carbocycles. The molecule has 0 saturated carbocycles. The van der Waals surface area contributed by atoms with Gasteiger partial charge in [-0.1, -0.05) is 25.1 Å². The van der Waals surface area contributed by atoms with E-state index in [9.17, 15) is 23.4 Å². The van der Waals surface area contributed by atoms with E-state index in [2.05, 4.69) is 0 Å². The summed E-state index contributed by atoms with van der Waals surface area (Å²) in [5, 5.41) is 18.4. The normalized spacial score (nSPS) is 13.0. The Hall–Kier alpha value is -1.11. The average Bonchev–Trinajstić information content (AvgIpc) is 2.37. The van der Waals surface area contributed by atoms with Crippen LogP contribution in [0.5, 0.6) is 0 Å². The molecule has 0 bridgehead atoms. The number of halogens is 3. The van der Waals surface area contributed by atoms with Crippen molar-refractivity contribution < 1.29 is 23.4 Å². The number of nitrogens with zero attached hydrogens (tertiary/aromatic N) is 1. The van der Waals surface area contributed by atoms with E-state index in [1.165, 1.54) is 6.07 Å². The van der Waals surface area contributed by atoms with Crippen LogP contribution in [0.4, 0.5) is 13.2 Å². The van der Waals surface area contributed by atoms with Crippen molar-refractivity contribution >= 4 is 0 Å². The highest BCUT2D eigenvalue weighted by molar-refractivity contribution is 5.25. The van der Waals surface area contributed by atoms with Crippen molar-refractivity contribution in [3.05, 3.63) is 35.4 Å². The number of alkyl halides is 3. The molecule has 0 radical (unpaired) electrons. The molecule has 0 fully saturated rings. The van der Waals surface area contributed by atoms with Gasteiger partial charge in [0.1, 0.15) is 0 Å². The maximum atomic E-state index is 12.6. The molecule has 1 rings (SSSR count). The van der Waals surface area contributed by atoms with Gasteiger partial charge in [0.2, 0.25) is 0 Å². The zero-order valence-corrected chi connectivity index (χ0v) is 11.6. The van der Waals surface area contributed by atoms with Gasteiger partial charge in [-0.3, -0.25) is 0 Å². The van der Waals surface area contributed by atoms with Crippen LogP contribution < -0.4 is 0 Å². The van der Waals surface area contributed by atoms with E-state index in [4.69, 9.17) is 0 Å². The first-order valence-corrected chi connectivity index (χ1v) is 6.26. The Morgan fingerprint density at radius 3 is 2.25 bits per heavy atom. The van der Waals surface area contributed by atoms with E-state index in [-0.39, 0.29) is 13.2 Å². The highest BCUT2D eigenvalue weighted by Crippen LogP contribution is 2.29. The summed E-state index contributed by atoms with van der Waals surface area (Å²) in [5.74, 6) is 0. The standard InChI is InChI=1S/C14H20F3NO2/c1-13(9-19,10-20)8-18(2)7-11-4-3-5-12(6-11)14(15,16)17/h3-6,19-20H,7-10H2,1-2H3. The van der Waals surface area contributed by atoms with E-state index in [0.717, 1.165) is 12.1 Å². The summed E-state index contributed by atoms with van der Waals surface area (Å²) in [4.78, 5) is 1.78. The van der Waals surface area contributed by atoms with Gasteiger partial charge in [0, 0.05) is 18.5 Å². The van der Waals surface area contributed by atoms with Crippen LogP contribution in [-0.2, 0) is 12.7 Å². The number of aliphatic hydroxyl groups excluding tert-OH is 2. The molecule has 0 aromatic heterocycles. The van der Waals surface area contributed by atoms with Gasteiger partial charge in [-0.2, -0.15) is 13.2 Å². The quantitative estimate of drug-likeness (QED) is 0.844. The van der Waals surface area contributed by atoms with Crippen molar-refractivity contribution in [1.29, 1.82) is 0 Å². The zero-order valence-electron chi connectivity index (χ0n) is 11.6. The highest BCUT2D eigenvalue weighted by Gasteiger charge is 2.30. The number of benzene rings is 1. The van der Waals surface area contributed by atoms with Crippen LogP contribution in [0.1, 0.15) is 18.1 Å². The molecule has 114 valence electrons. The predicted molar refractivity (Wildman–Crippen MR) is 70.1 cm³/mol. The summed E-state index contributed by atoms with van der Waals surface area (Å²) in [6.07, 6.45) is -4.35. The third-order valence-electron chi connectivity index (χ3n) is 3.12. The van der Waals surface area contributed by atoms with E-state index in [0.29, 0.717) is 18.7 Å². The summed E-state index contributed by atoms with van der Waals surface area (Å²) in [5.41, 5.74) is -0.799. The van der Waals surface area contributed by atoms with Crippen LogP contribution in [0.25, 0.3) is 0 Å². The van der Waals surface area contributed by atoms with E-state index in [1.807, 2.05) is 0 Å². The Kier molecular flexibility index (Phi) is 5.56. The van der Waals surface area contributed by atoms with Crippen LogP contribution in [-0.4, -0.2) is 41.9 Å². The third kappa shape index (κ3) is 4.77. The molecular formula is C14H20F3NO2. The SMILES string of the molecule is CN(Cc1cccc(C(F)(F)F)c1)CC(C)(CO)CO. The highest BCUT2D eigenvalue weighted by atomic mass is 19.4. The molecule has 0 saturated heterocycles. The fourth-order valence-corrected chi connectivity index (χ4v) is 2.02. The average molecular weight is 291 g/mol. The molecule has 3 nitrogen and oxygen atoms in total. The minimum atomic E-state index is -4.35. The summed E-state index contributed by atoms with van der Waals surface area (Å²) < 4.78 is 37.8. The minimum absolute atomic E-state index is 0.184. The molecule has 0 aliphatic carbocycles. The lowest BCUT2D eigenvalue weighted by atomic mass is 9.92. The Balaban J connectivity index is 2.74. The maximum Gasteiger partial charge on any atom is 0.416 e. The van der Waals surface area contributed by atoms with E-state index >= 15 is 0 Å². The van der Waals surface area contributed by atoms with Crippen molar-refractivity contribution in [2.45, 2.75) is 19.6 Å². The van der Waals surface area contributed by atoms with Gasteiger partial charge in [-0.25, -0.2) is 0 Å². The molecule has 0 unspecified atom stereocenters. The molecule has 20 heavy (non-hydrogen) atoms. The smallest absolute Gasteiger partial charge is 0.396 e. The van der Waals surface area contributed by atoms with Crippen molar-refractivity contribution in [2.75, 3.05) is 26.8 Å². The first-order valence-electron chi connectivity index (χ1n) is 6.26. The lowest BCUT2D eigenvalue weighted by molar-refractivity contribution is -0.137. The fraction of sp³-hybridized carbons (Fsp3) is 0.571. The van der Waals surface area contributed by atoms with Crippen LogP contribution in [0.2, 0.25) is 0 Å². The Labute approximate surface area is 116 Å². The molecule has 0 aliphatic rings. The van der Waals surface area contributed by atoms with Gasteiger partial charge >= 0.3 is 6.18 Å². The first kappa shape index (κ1) is 16.9. The summed E-state index contributed by atoms with van der Waals surface area (Å²) >= 11 is 0. The second-order valence-electron chi connectivity index (χ2n) is 5.50. The molecule has 2 N–H and O–H groups in total. The van der Waals surface area contributed by atoms with E-state index < -0.39 is 17.2 Å². The maximum absolute atomic E-state index is 12.6. The largest absolute Gasteiger partial charge is 0.416 e. The Morgan fingerprint density at radius 1 is 1.15 bits per heavy atom. The van der Waals surface area contributed by atoms with Crippen molar-refractivity contribution in [2.24, 2.45) is 5.41 Å². The van der Waals surface area contributed by atoms with Gasteiger partial charge < -0.3 is 15.1 Å². The third-order valence-corrected chi connectivity index (χ3v) is 3.12. The predicted octanol–water partition coefficient (Wildman–Crippen LogP) is 2.13. The fourth-order valence-electron chi connectivity index (χ4n) is 2.02. The van der Waals surface area contributed by atoms with Gasteiger partial charge in [-0.15, -0.1) is 0 Å². The molecule has 0 spiro atoms. The molecule has 0 amide bonds. The van der Waals surface area contributed by atoms with Crippen molar-refractivity contribution in [3.8, 4) is 0 Å². The van der Waals surface area contributed by atoms with Crippen LogP contribution >= 0.6 is 0 Å². The Morgan fingerprint density at radius 2 is 1.75 bits per heavy atom. The Bertz CT molecular complexity index is 431. The van der Waals surface area contributed by atoms with Gasteiger partial charge in [-0.05, 0) is 18.7 Å². The van der Waals surface area contributed by atoms with Gasteiger partial charge in [0.15, 0.2) is 0 Å². The second kappa shape index (κ2) is 6.56. The summed E-state index contributed by atoms with van der Waals surface area (Å²) in [6, 6.07) is 5.16. The van der Waals surface area contributed by atoms with Crippen LogP contribution in [0.15, 0.2) is 24.3 Å². The second-order valence-corrected chi connectivity index (χ2v) is 5.50. The summed E-state index contributed by atoms with van der Waals surface area (Å²) in [7, 11) is 1.74. The van der Waals surface area contributed by atoms with Crippen molar-refractivity contribution in [3.63, 3.8) is 0 Å². The minimum Gasteiger partial charge on any atom is -0.396 e. The molecule has 0 aliphatic heterocycles. The number of aliphatic hydroxyl groups is 2. The number of rotatable bonds is 6. The lowest BCUT2D eigenvalue weighted by Gasteiger charge is -2.30. The molecular weight excluding hydrogens is 271 g/mol. The monoisotopic (exact) mass is 291 g/mol. The topological polar surface area (TPSA) is 43.7 Å². The lowest BCUT2D eigenvalue weighted by Crippen LogP contribution is -2.38. The van der Waals surface area contributed by atoms with Gasteiger partial charge in [0.25, 0.3) is 0 Å². The molecule has 6 heteroatoms. The molecule has 0 atom stereocenters. The zero-order chi connectivity index (χ0) is 15.4. The summed E-state index contributed by atoms with van der Waals surface area (Å²) in [6.45, 7) is 2.05. The van der Waals surface area contributed by atoms with Crippen LogP contribution in [0, 0.1) is 5.41 Å². The van der Waals surface area contributed by atoms with E-state index in [1.54, 1.807) is 24.9 Å². The number of hydrogen-bond acceptors (Lipinski definition) is 3. The van der Waals surface area contributed by atoms with Crippen molar-refractivity contribution in [1.82, 2.24) is 4.90 Å².